The summed E-state index contributed by atoms with van der Waals surface area (Å²) in [5.41, 5.74) is 2.09. The van der Waals surface area contributed by atoms with Crippen LogP contribution in [0.15, 0.2) is 54.3 Å². The van der Waals surface area contributed by atoms with Crippen molar-refractivity contribution in [1.29, 1.82) is 0 Å². The van der Waals surface area contributed by atoms with Crippen molar-refractivity contribution in [1.82, 2.24) is 10.2 Å². The van der Waals surface area contributed by atoms with Crippen LogP contribution in [0.2, 0.25) is 0 Å². The van der Waals surface area contributed by atoms with Crippen LogP contribution in [0.3, 0.4) is 0 Å². The van der Waals surface area contributed by atoms with E-state index in [0.29, 0.717) is 11.4 Å². The number of nitrogens with one attached hydrogen (secondary N) is 1. The quantitative estimate of drug-likeness (QED) is 0.474. The average molecular weight is 384 g/mol. The number of benzene rings is 1. The number of carbonyl (C=O) groups excluding carboxylic acids is 3. The summed E-state index contributed by atoms with van der Waals surface area (Å²) in [6.07, 6.45) is 1.60. The highest BCUT2D eigenvalue weighted by molar-refractivity contribution is 8.00. The molecule has 3 aliphatic heterocycles. The molecule has 0 bridgehead atoms. The Hall–Kier alpha value is -2.54. The molecule has 6 nitrogen and oxygen atoms in total. The van der Waals surface area contributed by atoms with Crippen molar-refractivity contribution in [3.63, 3.8) is 0 Å². The van der Waals surface area contributed by atoms with Gasteiger partial charge in [-0.15, -0.1) is 18.3 Å². The monoisotopic (exact) mass is 384 g/mol. The minimum atomic E-state index is -0.607. The summed E-state index contributed by atoms with van der Waals surface area (Å²) in [4.78, 5) is 38.8. The van der Waals surface area contributed by atoms with Crippen molar-refractivity contribution < 1.29 is 19.1 Å². The Labute approximate surface area is 161 Å². The number of nitrogens with zero attached hydrogens (tertiary/aromatic N) is 1. The van der Waals surface area contributed by atoms with Gasteiger partial charge in [0.1, 0.15) is 23.2 Å². The van der Waals surface area contributed by atoms with E-state index in [1.54, 1.807) is 17.8 Å². The van der Waals surface area contributed by atoms with Crippen LogP contribution < -0.4 is 5.32 Å². The van der Waals surface area contributed by atoms with Crippen molar-refractivity contribution in [2.24, 2.45) is 5.92 Å². The molecule has 2 amide bonds. The zero-order chi connectivity index (χ0) is 19.1. The molecule has 0 saturated carbocycles. The van der Waals surface area contributed by atoms with Gasteiger partial charge in [0, 0.05) is 17.2 Å². The molecule has 3 heterocycles. The Balaban J connectivity index is 1.47. The summed E-state index contributed by atoms with van der Waals surface area (Å²) < 4.78 is 5.48. The lowest BCUT2D eigenvalue weighted by molar-refractivity contribution is -0.152. The van der Waals surface area contributed by atoms with E-state index < -0.39 is 12.0 Å². The SMILES string of the molecule is C=CC(C)C1OC(=O)C2=C1CS[C@@H]1[C@H](NC(=O)Cc3ccccc3)C(=O)N21. The largest absolute Gasteiger partial charge is 0.452 e. The van der Waals surface area contributed by atoms with Crippen molar-refractivity contribution in [2.75, 3.05) is 5.75 Å². The maximum Gasteiger partial charge on any atom is 0.355 e. The molecule has 0 radical (unpaired) electrons. The summed E-state index contributed by atoms with van der Waals surface area (Å²) in [6, 6.07) is 8.77. The number of ether oxygens (including phenoxy) is 1. The molecule has 1 saturated heterocycles. The molecule has 1 aromatic rings. The maximum absolute atomic E-state index is 12.7. The van der Waals surface area contributed by atoms with E-state index in [1.165, 1.54) is 4.90 Å². The van der Waals surface area contributed by atoms with E-state index in [4.69, 9.17) is 4.74 Å². The fourth-order valence-electron chi connectivity index (χ4n) is 3.65. The number of amides is 2. The van der Waals surface area contributed by atoms with E-state index in [2.05, 4.69) is 11.9 Å². The van der Waals surface area contributed by atoms with Crippen LogP contribution in [-0.4, -0.2) is 46.0 Å². The van der Waals surface area contributed by atoms with E-state index in [9.17, 15) is 14.4 Å². The molecule has 1 aromatic carbocycles. The van der Waals surface area contributed by atoms with Crippen LogP contribution in [0.5, 0.6) is 0 Å². The summed E-state index contributed by atoms with van der Waals surface area (Å²) in [7, 11) is 0. The first kappa shape index (κ1) is 17.9. The van der Waals surface area contributed by atoms with Gasteiger partial charge in [0.05, 0.1) is 6.42 Å². The van der Waals surface area contributed by atoms with Crippen LogP contribution in [0.1, 0.15) is 12.5 Å². The Morgan fingerprint density at radius 3 is 2.85 bits per heavy atom. The molecule has 3 aliphatic rings. The van der Waals surface area contributed by atoms with Gasteiger partial charge < -0.3 is 10.1 Å². The smallest absolute Gasteiger partial charge is 0.355 e. The van der Waals surface area contributed by atoms with Gasteiger partial charge in [0.15, 0.2) is 0 Å². The first-order chi connectivity index (χ1) is 13.0. The van der Waals surface area contributed by atoms with Crippen LogP contribution in [0, 0.1) is 5.92 Å². The molecule has 7 heteroatoms. The molecule has 140 valence electrons. The number of thioether (sulfide) groups is 1. The first-order valence-electron chi connectivity index (χ1n) is 8.85. The zero-order valence-electron chi connectivity index (χ0n) is 14.9. The third-order valence-corrected chi connectivity index (χ3v) is 6.44. The summed E-state index contributed by atoms with van der Waals surface area (Å²) in [5.74, 6) is -0.340. The molecule has 1 N–H and O–H groups in total. The standard InChI is InChI=1S/C20H20N2O4S/c1-3-11(2)17-13-10-27-19-15(18(24)22(19)16(13)20(25)26-17)21-14(23)9-12-7-5-4-6-8-12/h3-8,11,15,17,19H,1,9-10H2,2H3,(H,21,23)/t11?,15-,17?,19-/m1/s1. The maximum atomic E-state index is 12.7. The third-order valence-electron chi connectivity index (χ3n) is 5.14. The fourth-order valence-corrected chi connectivity index (χ4v) is 5.03. The van der Waals surface area contributed by atoms with Gasteiger partial charge in [-0.05, 0) is 5.56 Å². The van der Waals surface area contributed by atoms with Gasteiger partial charge in [-0.25, -0.2) is 4.79 Å². The van der Waals surface area contributed by atoms with Crippen LogP contribution in [0.4, 0.5) is 0 Å². The van der Waals surface area contributed by atoms with E-state index >= 15 is 0 Å². The van der Waals surface area contributed by atoms with Crippen molar-refractivity contribution in [3.8, 4) is 0 Å². The predicted molar refractivity (Wildman–Crippen MR) is 101 cm³/mol. The number of carbonyl (C=O) groups is 3. The molecule has 1 fully saturated rings. The second-order valence-corrected chi connectivity index (χ2v) is 8.02. The predicted octanol–water partition coefficient (Wildman–Crippen LogP) is 1.63. The second kappa shape index (κ2) is 6.88. The molecular formula is C20H20N2O4S. The molecule has 0 spiro atoms. The summed E-state index contributed by atoms with van der Waals surface area (Å²) >= 11 is 1.55. The summed E-state index contributed by atoms with van der Waals surface area (Å²) in [6.45, 7) is 5.69. The molecular weight excluding hydrogens is 364 g/mol. The van der Waals surface area contributed by atoms with Crippen molar-refractivity contribution in [2.45, 2.75) is 30.9 Å². The Morgan fingerprint density at radius 2 is 2.15 bits per heavy atom. The van der Waals surface area contributed by atoms with Gasteiger partial charge in [0.25, 0.3) is 5.91 Å². The molecule has 4 rings (SSSR count). The number of esters is 1. The highest BCUT2D eigenvalue weighted by atomic mass is 32.2. The molecule has 2 unspecified atom stereocenters. The van der Waals surface area contributed by atoms with Crippen molar-refractivity contribution in [3.05, 3.63) is 59.8 Å². The number of hydrogen-bond acceptors (Lipinski definition) is 5. The van der Waals surface area contributed by atoms with Crippen LogP contribution in [0.25, 0.3) is 0 Å². The lowest BCUT2D eigenvalue weighted by atomic mass is 9.96. The topological polar surface area (TPSA) is 75.7 Å². The minimum absolute atomic E-state index is 0.0173. The summed E-state index contributed by atoms with van der Waals surface area (Å²) in [5, 5.41) is 2.55. The first-order valence-corrected chi connectivity index (χ1v) is 9.90. The van der Waals surface area contributed by atoms with E-state index in [0.717, 1.165) is 11.1 Å². The normalized spacial score (nSPS) is 27.3. The Morgan fingerprint density at radius 1 is 1.41 bits per heavy atom. The Kier molecular flexibility index (Phi) is 4.55. The molecule has 27 heavy (non-hydrogen) atoms. The second-order valence-electron chi connectivity index (χ2n) is 6.91. The number of cyclic esters (lactones) is 1. The van der Waals surface area contributed by atoms with Crippen LogP contribution >= 0.6 is 11.8 Å². The lowest BCUT2D eigenvalue weighted by Gasteiger charge is -2.48. The highest BCUT2D eigenvalue weighted by Crippen LogP contribution is 2.45. The number of rotatable bonds is 5. The van der Waals surface area contributed by atoms with Crippen LogP contribution in [-0.2, 0) is 25.5 Å². The Bertz CT molecular complexity index is 851. The number of fused-ring (bicyclic) bond motifs is 2. The number of β-lactam (4-membered cyclic amide) rings is 1. The zero-order valence-corrected chi connectivity index (χ0v) is 15.7. The van der Waals surface area contributed by atoms with Gasteiger partial charge in [-0.1, -0.05) is 43.3 Å². The third kappa shape index (κ3) is 2.96. The average Bonchev–Trinajstić information content (AvgIpc) is 3.01. The van der Waals surface area contributed by atoms with E-state index in [-0.39, 0.29) is 35.6 Å². The minimum Gasteiger partial charge on any atom is -0.452 e. The van der Waals surface area contributed by atoms with Crippen molar-refractivity contribution >= 4 is 29.5 Å². The van der Waals surface area contributed by atoms with Gasteiger partial charge in [0.2, 0.25) is 5.91 Å². The molecule has 4 atom stereocenters. The van der Waals surface area contributed by atoms with Gasteiger partial charge in [-0.3, -0.25) is 14.5 Å². The molecule has 0 aromatic heterocycles. The number of hydrogen-bond donors (Lipinski definition) is 1. The van der Waals surface area contributed by atoms with Gasteiger partial charge in [-0.2, -0.15) is 0 Å². The lowest BCUT2D eigenvalue weighted by Crippen LogP contribution is -2.70. The van der Waals surface area contributed by atoms with E-state index in [1.807, 2.05) is 37.3 Å². The molecule has 0 aliphatic carbocycles. The fraction of sp³-hybridized carbons (Fsp3) is 0.350. The highest BCUT2D eigenvalue weighted by Gasteiger charge is 2.57. The van der Waals surface area contributed by atoms with Gasteiger partial charge >= 0.3 is 5.97 Å².